The molecule has 0 radical (unpaired) electrons. The Morgan fingerprint density at radius 2 is 1.74 bits per heavy atom. The second kappa shape index (κ2) is 11.6. The van der Waals surface area contributed by atoms with Crippen molar-refractivity contribution in [3.63, 3.8) is 0 Å². The number of guanidine groups is 1. The van der Waals surface area contributed by atoms with Crippen LogP contribution >= 0.6 is 24.0 Å². The van der Waals surface area contributed by atoms with Crippen molar-refractivity contribution in [3.8, 4) is 17.2 Å². The van der Waals surface area contributed by atoms with Crippen LogP contribution < -0.4 is 20.1 Å². The zero-order chi connectivity index (χ0) is 21.5. The van der Waals surface area contributed by atoms with Crippen molar-refractivity contribution >= 4 is 35.6 Å². The Kier molecular flexibility index (Phi) is 9.17. The van der Waals surface area contributed by atoms with Crippen molar-refractivity contribution in [3.05, 3.63) is 65.5 Å². The van der Waals surface area contributed by atoms with Gasteiger partial charge < -0.3 is 20.1 Å². The minimum atomic E-state index is 0. The summed E-state index contributed by atoms with van der Waals surface area (Å²) in [6, 6.07) is 15.8. The summed E-state index contributed by atoms with van der Waals surface area (Å²) in [5.41, 5.74) is 5.08. The second-order valence-corrected chi connectivity index (χ2v) is 6.79. The van der Waals surface area contributed by atoms with Crippen LogP contribution in [0, 0.1) is 13.8 Å². The molecule has 0 unspecified atom stereocenters. The average molecular weight is 535 g/mol. The molecule has 0 aliphatic rings. The molecule has 0 aliphatic heterocycles. The van der Waals surface area contributed by atoms with Gasteiger partial charge in [0.15, 0.2) is 17.5 Å². The van der Waals surface area contributed by atoms with Crippen LogP contribution in [0.4, 0.5) is 5.69 Å². The number of nitrogens with one attached hydrogen (secondary N) is 2. The van der Waals surface area contributed by atoms with Crippen LogP contribution in [0.5, 0.6) is 11.5 Å². The summed E-state index contributed by atoms with van der Waals surface area (Å²) in [6.45, 7) is 7.40. The first-order chi connectivity index (χ1) is 14.6. The van der Waals surface area contributed by atoms with Crippen molar-refractivity contribution in [2.45, 2.75) is 27.3 Å². The Morgan fingerprint density at radius 3 is 2.39 bits per heavy atom. The molecule has 166 valence electrons. The fraction of sp³-hybridized carbons (Fsp3) is 0.304. The van der Waals surface area contributed by atoms with Crippen LogP contribution in [0.15, 0.2) is 53.5 Å². The second-order valence-electron chi connectivity index (χ2n) is 6.79. The van der Waals surface area contributed by atoms with Gasteiger partial charge in [-0.3, -0.25) is 0 Å². The van der Waals surface area contributed by atoms with Gasteiger partial charge in [-0.2, -0.15) is 5.10 Å². The first-order valence-electron chi connectivity index (χ1n) is 9.95. The monoisotopic (exact) mass is 535 g/mol. The molecule has 0 atom stereocenters. The molecule has 0 amide bonds. The SMILES string of the molecule is CCNC(=NCc1c(C)nn(-c2ccccc2)c1C)Nc1ccc(OC)c(OC)c1.I. The molecule has 0 spiro atoms. The minimum absolute atomic E-state index is 0. The van der Waals surface area contributed by atoms with Gasteiger partial charge in [0.1, 0.15) is 0 Å². The number of hydrogen-bond donors (Lipinski definition) is 2. The molecule has 0 aliphatic carbocycles. The third-order valence-electron chi connectivity index (χ3n) is 4.83. The molecular weight excluding hydrogens is 505 g/mol. The van der Waals surface area contributed by atoms with Gasteiger partial charge in [-0.15, -0.1) is 24.0 Å². The summed E-state index contributed by atoms with van der Waals surface area (Å²) in [5, 5.41) is 11.3. The van der Waals surface area contributed by atoms with Crippen molar-refractivity contribution < 1.29 is 9.47 Å². The summed E-state index contributed by atoms with van der Waals surface area (Å²) in [6.07, 6.45) is 0. The van der Waals surface area contributed by atoms with Gasteiger partial charge in [0.05, 0.1) is 32.1 Å². The molecule has 0 fully saturated rings. The lowest BCUT2D eigenvalue weighted by Gasteiger charge is -2.14. The quantitative estimate of drug-likeness (QED) is 0.261. The lowest BCUT2D eigenvalue weighted by Crippen LogP contribution is -2.30. The maximum atomic E-state index is 5.39. The summed E-state index contributed by atoms with van der Waals surface area (Å²) >= 11 is 0. The van der Waals surface area contributed by atoms with E-state index in [1.807, 2.05) is 54.9 Å². The van der Waals surface area contributed by atoms with Crippen LogP contribution in [0.1, 0.15) is 23.9 Å². The Morgan fingerprint density at radius 1 is 1.03 bits per heavy atom. The van der Waals surface area contributed by atoms with Crippen molar-refractivity contribution in [1.82, 2.24) is 15.1 Å². The maximum absolute atomic E-state index is 5.39. The highest BCUT2D eigenvalue weighted by Gasteiger charge is 2.13. The van der Waals surface area contributed by atoms with Gasteiger partial charge in [-0.1, -0.05) is 18.2 Å². The molecule has 8 heteroatoms. The van der Waals surface area contributed by atoms with E-state index in [0.29, 0.717) is 24.0 Å². The molecule has 31 heavy (non-hydrogen) atoms. The molecule has 2 aromatic carbocycles. The first-order valence-corrected chi connectivity index (χ1v) is 9.95. The smallest absolute Gasteiger partial charge is 0.196 e. The van der Waals surface area contributed by atoms with E-state index in [-0.39, 0.29) is 24.0 Å². The average Bonchev–Trinajstić information content (AvgIpc) is 3.06. The molecule has 1 heterocycles. The topological polar surface area (TPSA) is 72.7 Å². The van der Waals surface area contributed by atoms with Gasteiger partial charge in [-0.05, 0) is 45.0 Å². The van der Waals surface area contributed by atoms with Crippen molar-refractivity contribution in [2.24, 2.45) is 4.99 Å². The molecule has 0 bridgehead atoms. The van der Waals surface area contributed by atoms with E-state index in [1.54, 1.807) is 14.2 Å². The van der Waals surface area contributed by atoms with Crippen LogP contribution in [-0.4, -0.2) is 36.5 Å². The van der Waals surface area contributed by atoms with E-state index in [1.165, 1.54) is 0 Å². The third-order valence-corrected chi connectivity index (χ3v) is 4.83. The van der Waals surface area contributed by atoms with E-state index in [2.05, 4.69) is 29.7 Å². The molecule has 0 saturated carbocycles. The number of methoxy groups -OCH3 is 2. The minimum Gasteiger partial charge on any atom is -0.493 e. The summed E-state index contributed by atoms with van der Waals surface area (Å²) in [4.78, 5) is 4.77. The molecule has 3 rings (SSSR count). The number of ether oxygens (including phenoxy) is 2. The normalized spacial score (nSPS) is 10.9. The maximum Gasteiger partial charge on any atom is 0.196 e. The number of aryl methyl sites for hydroxylation is 1. The predicted octanol–water partition coefficient (Wildman–Crippen LogP) is 4.70. The highest BCUT2D eigenvalue weighted by atomic mass is 127. The van der Waals surface area contributed by atoms with Crippen LogP contribution in [0.25, 0.3) is 5.69 Å². The molecule has 3 aromatic rings. The zero-order valence-electron chi connectivity index (χ0n) is 18.6. The highest BCUT2D eigenvalue weighted by Crippen LogP contribution is 2.29. The first kappa shape index (κ1) is 24.5. The number of aromatic nitrogens is 2. The zero-order valence-corrected chi connectivity index (χ0v) is 20.9. The Labute approximate surface area is 200 Å². The number of benzene rings is 2. The van der Waals surface area contributed by atoms with E-state index in [9.17, 15) is 0 Å². The lowest BCUT2D eigenvalue weighted by molar-refractivity contribution is 0.355. The Balaban J connectivity index is 0.00000341. The van der Waals surface area contributed by atoms with E-state index < -0.39 is 0 Å². The number of para-hydroxylation sites is 1. The van der Waals surface area contributed by atoms with Crippen LogP contribution in [0.2, 0.25) is 0 Å². The fourth-order valence-electron chi connectivity index (χ4n) is 3.24. The predicted molar refractivity (Wildman–Crippen MR) is 136 cm³/mol. The van der Waals surface area contributed by atoms with Crippen molar-refractivity contribution in [1.29, 1.82) is 0 Å². The van der Waals surface area contributed by atoms with Gasteiger partial charge in [0.2, 0.25) is 0 Å². The molecule has 0 saturated heterocycles. The molecule has 7 nitrogen and oxygen atoms in total. The standard InChI is InChI=1S/C23H29N5O2.HI/c1-6-24-23(26-18-12-13-21(29-4)22(14-18)30-5)25-15-20-16(2)27-28(17(20)3)19-10-8-7-9-11-19;/h7-14H,6,15H2,1-5H3,(H2,24,25,26);1H. The largest absolute Gasteiger partial charge is 0.493 e. The number of halogens is 1. The molecule has 2 N–H and O–H groups in total. The Bertz CT molecular complexity index is 1020. The summed E-state index contributed by atoms with van der Waals surface area (Å²) in [7, 11) is 3.24. The number of hydrogen-bond acceptors (Lipinski definition) is 4. The van der Waals surface area contributed by atoms with Crippen LogP contribution in [0.3, 0.4) is 0 Å². The summed E-state index contributed by atoms with van der Waals surface area (Å²) in [5.74, 6) is 2.04. The number of aliphatic imine (C=N–C) groups is 1. The fourth-order valence-corrected chi connectivity index (χ4v) is 3.24. The Hall–Kier alpha value is -2.75. The number of nitrogens with zero attached hydrogens (tertiary/aromatic N) is 3. The number of anilines is 1. The third kappa shape index (κ3) is 5.90. The van der Waals surface area contributed by atoms with E-state index in [4.69, 9.17) is 19.6 Å². The van der Waals surface area contributed by atoms with Gasteiger partial charge in [-0.25, -0.2) is 9.67 Å². The highest BCUT2D eigenvalue weighted by molar-refractivity contribution is 14.0. The van der Waals surface area contributed by atoms with E-state index in [0.717, 1.165) is 34.9 Å². The van der Waals surface area contributed by atoms with Crippen molar-refractivity contribution in [2.75, 3.05) is 26.1 Å². The van der Waals surface area contributed by atoms with Crippen LogP contribution in [-0.2, 0) is 6.54 Å². The number of rotatable bonds is 7. The lowest BCUT2D eigenvalue weighted by atomic mass is 10.2. The van der Waals surface area contributed by atoms with Gasteiger partial charge in [0, 0.05) is 29.6 Å². The molecule has 1 aromatic heterocycles. The van der Waals surface area contributed by atoms with Gasteiger partial charge >= 0.3 is 0 Å². The van der Waals surface area contributed by atoms with E-state index >= 15 is 0 Å². The molecular formula is C23H30IN5O2. The van der Waals surface area contributed by atoms with Gasteiger partial charge in [0.25, 0.3) is 0 Å². The summed E-state index contributed by atoms with van der Waals surface area (Å²) < 4.78 is 12.7.